The van der Waals surface area contributed by atoms with Gasteiger partial charge in [0.25, 0.3) is 0 Å². The van der Waals surface area contributed by atoms with Gasteiger partial charge in [-0.25, -0.2) is 0 Å². The second kappa shape index (κ2) is 5.63. The van der Waals surface area contributed by atoms with E-state index in [1.165, 1.54) is 6.20 Å². The SMILES string of the molecule is CCOC(OCC)c1cc2cncc(C#N)c2o1. The van der Waals surface area contributed by atoms with Gasteiger partial charge in [-0.15, -0.1) is 0 Å². The fourth-order valence-corrected chi connectivity index (χ4v) is 1.69. The first-order valence-corrected chi connectivity index (χ1v) is 5.80. The van der Waals surface area contributed by atoms with Gasteiger partial charge < -0.3 is 13.9 Å². The van der Waals surface area contributed by atoms with Crippen molar-refractivity contribution in [1.82, 2.24) is 4.98 Å². The molecule has 0 fully saturated rings. The zero-order valence-electron chi connectivity index (χ0n) is 10.3. The molecule has 0 bridgehead atoms. The average molecular weight is 246 g/mol. The number of ether oxygens (including phenoxy) is 2. The molecule has 0 aliphatic heterocycles. The molecule has 0 unspecified atom stereocenters. The molecule has 2 heterocycles. The van der Waals surface area contributed by atoms with Gasteiger partial charge in [0.2, 0.25) is 6.29 Å². The van der Waals surface area contributed by atoms with Crippen LogP contribution in [0.2, 0.25) is 0 Å². The van der Waals surface area contributed by atoms with Crippen molar-refractivity contribution in [3.05, 3.63) is 29.8 Å². The van der Waals surface area contributed by atoms with Crippen molar-refractivity contribution in [3.8, 4) is 6.07 Å². The summed E-state index contributed by atoms with van der Waals surface area (Å²) in [5, 5.41) is 9.75. The third-order valence-corrected chi connectivity index (χ3v) is 2.43. The molecule has 0 atom stereocenters. The van der Waals surface area contributed by atoms with Crippen molar-refractivity contribution >= 4 is 11.0 Å². The molecule has 2 rings (SSSR count). The molecule has 0 aliphatic carbocycles. The van der Waals surface area contributed by atoms with Gasteiger partial charge in [-0.2, -0.15) is 5.26 Å². The number of aromatic nitrogens is 1. The van der Waals surface area contributed by atoms with Crippen LogP contribution in [0.15, 0.2) is 22.9 Å². The van der Waals surface area contributed by atoms with Crippen molar-refractivity contribution in [2.45, 2.75) is 20.1 Å². The van der Waals surface area contributed by atoms with Crippen LogP contribution in [0.25, 0.3) is 11.0 Å². The molecule has 0 spiro atoms. The molecule has 0 aromatic carbocycles. The number of furan rings is 1. The van der Waals surface area contributed by atoms with Crippen molar-refractivity contribution in [3.63, 3.8) is 0 Å². The van der Waals surface area contributed by atoms with Gasteiger partial charge in [-0.3, -0.25) is 4.98 Å². The lowest BCUT2D eigenvalue weighted by molar-refractivity contribution is -0.150. The summed E-state index contributed by atoms with van der Waals surface area (Å²) >= 11 is 0. The van der Waals surface area contributed by atoms with E-state index in [-0.39, 0.29) is 0 Å². The molecular formula is C13H14N2O3. The summed E-state index contributed by atoms with van der Waals surface area (Å²) in [6.45, 7) is 4.81. The molecule has 0 amide bonds. The van der Waals surface area contributed by atoms with Crippen molar-refractivity contribution in [2.75, 3.05) is 13.2 Å². The van der Waals surface area contributed by atoms with Crippen molar-refractivity contribution < 1.29 is 13.9 Å². The summed E-state index contributed by atoms with van der Waals surface area (Å²) in [5.74, 6) is 0.554. The highest BCUT2D eigenvalue weighted by molar-refractivity contribution is 5.82. The van der Waals surface area contributed by atoms with E-state index in [2.05, 4.69) is 4.98 Å². The van der Waals surface area contributed by atoms with Gasteiger partial charge in [0.1, 0.15) is 11.6 Å². The molecule has 94 valence electrons. The summed E-state index contributed by atoms with van der Waals surface area (Å²) in [6, 6.07) is 3.84. The van der Waals surface area contributed by atoms with Gasteiger partial charge in [0.15, 0.2) is 11.3 Å². The van der Waals surface area contributed by atoms with Crippen LogP contribution in [0.5, 0.6) is 0 Å². The molecule has 0 aliphatic rings. The Bertz CT molecular complexity index is 565. The highest BCUT2D eigenvalue weighted by Crippen LogP contribution is 2.28. The Morgan fingerprint density at radius 2 is 2.06 bits per heavy atom. The molecule has 2 aromatic rings. The van der Waals surface area contributed by atoms with E-state index in [9.17, 15) is 0 Å². The molecule has 5 heteroatoms. The summed E-state index contributed by atoms with van der Waals surface area (Å²) in [7, 11) is 0. The Balaban J connectivity index is 2.42. The smallest absolute Gasteiger partial charge is 0.217 e. The summed E-state index contributed by atoms with van der Waals surface area (Å²) in [6.07, 6.45) is 2.59. The highest BCUT2D eigenvalue weighted by atomic mass is 16.7. The minimum absolute atomic E-state index is 0.408. The minimum atomic E-state index is -0.543. The third kappa shape index (κ3) is 2.35. The topological polar surface area (TPSA) is 68.3 Å². The van der Waals surface area contributed by atoms with Crippen molar-refractivity contribution in [2.24, 2.45) is 0 Å². The number of nitriles is 1. The lowest BCUT2D eigenvalue weighted by Crippen LogP contribution is -2.07. The summed E-state index contributed by atoms with van der Waals surface area (Å²) in [4.78, 5) is 3.98. The molecule has 0 N–H and O–H groups in total. The van der Waals surface area contributed by atoms with Crippen LogP contribution in [0.4, 0.5) is 0 Å². The number of fused-ring (bicyclic) bond motifs is 1. The molecule has 0 radical (unpaired) electrons. The van der Waals surface area contributed by atoms with Crippen LogP contribution in [-0.4, -0.2) is 18.2 Å². The molecule has 2 aromatic heterocycles. The maximum atomic E-state index is 8.98. The Morgan fingerprint density at radius 3 is 2.67 bits per heavy atom. The Hall–Kier alpha value is -1.90. The predicted molar refractivity (Wildman–Crippen MR) is 64.7 cm³/mol. The fourth-order valence-electron chi connectivity index (χ4n) is 1.69. The van der Waals surface area contributed by atoms with Crippen molar-refractivity contribution in [1.29, 1.82) is 5.26 Å². The first-order chi connectivity index (χ1) is 8.80. The molecule has 18 heavy (non-hydrogen) atoms. The van der Waals surface area contributed by atoms with Crippen LogP contribution < -0.4 is 0 Å². The van der Waals surface area contributed by atoms with E-state index in [4.69, 9.17) is 19.2 Å². The van der Waals surface area contributed by atoms with E-state index < -0.39 is 6.29 Å². The monoisotopic (exact) mass is 246 g/mol. The minimum Gasteiger partial charge on any atom is -0.454 e. The van der Waals surface area contributed by atoms with Crippen LogP contribution in [0, 0.1) is 11.3 Å². The molecule has 5 nitrogen and oxygen atoms in total. The third-order valence-electron chi connectivity index (χ3n) is 2.43. The quantitative estimate of drug-likeness (QED) is 0.759. The van der Waals surface area contributed by atoms with Gasteiger partial charge in [-0.05, 0) is 19.9 Å². The van der Waals surface area contributed by atoms with Crippen LogP contribution in [0.1, 0.15) is 31.5 Å². The normalized spacial score (nSPS) is 11.0. The van der Waals surface area contributed by atoms with E-state index in [1.54, 1.807) is 12.3 Å². The maximum Gasteiger partial charge on any atom is 0.217 e. The molecular weight excluding hydrogens is 232 g/mol. The largest absolute Gasteiger partial charge is 0.454 e. The Labute approximate surface area is 105 Å². The fraction of sp³-hybridized carbons (Fsp3) is 0.385. The maximum absolute atomic E-state index is 8.98. The van der Waals surface area contributed by atoms with Crippen LogP contribution in [-0.2, 0) is 9.47 Å². The Morgan fingerprint density at radius 1 is 1.33 bits per heavy atom. The van der Waals surface area contributed by atoms with E-state index >= 15 is 0 Å². The standard InChI is InChI=1S/C13H14N2O3/c1-3-16-13(17-4-2)11-5-9-7-15-8-10(6-14)12(9)18-11/h5,7-8,13H,3-4H2,1-2H3. The zero-order chi connectivity index (χ0) is 13.0. The number of hydrogen-bond acceptors (Lipinski definition) is 5. The van der Waals surface area contributed by atoms with E-state index in [0.29, 0.717) is 30.1 Å². The first-order valence-electron chi connectivity index (χ1n) is 5.80. The number of nitrogens with zero attached hydrogens (tertiary/aromatic N) is 2. The second-order valence-corrected chi connectivity index (χ2v) is 3.61. The van der Waals surface area contributed by atoms with E-state index in [0.717, 1.165) is 5.39 Å². The first kappa shape index (κ1) is 12.6. The van der Waals surface area contributed by atoms with Gasteiger partial charge in [-0.1, -0.05) is 0 Å². The lowest BCUT2D eigenvalue weighted by Gasteiger charge is -2.13. The summed E-state index contributed by atoms with van der Waals surface area (Å²) in [5.41, 5.74) is 0.928. The highest BCUT2D eigenvalue weighted by Gasteiger charge is 2.18. The average Bonchev–Trinajstić information content (AvgIpc) is 2.82. The van der Waals surface area contributed by atoms with E-state index in [1.807, 2.05) is 19.9 Å². The zero-order valence-corrected chi connectivity index (χ0v) is 10.3. The molecule has 0 saturated carbocycles. The lowest BCUT2D eigenvalue weighted by atomic mass is 10.2. The van der Waals surface area contributed by atoms with Gasteiger partial charge >= 0.3 is 0 Å². The van der Waals surface area contributed by atoms with Crippen LogP contribution >= 0.6 is 0 Å². The summed E-state index contributed by atoms with van der Waals surface area (Å²) < 4.78 is 16.5. The van der Waals surface area contributed by atoms with Gasteiger partial charge in [0, 0.05) is 31.0 Å². The number of pyridine rings is 1. The predicted octanol–water partition coefficient (Wildman–Crippen LogP) is 2.77. The second-order valence-electron chi connectivity index (χ2n) is 3.61. The number of rotatable bonds is 5. The Kier molecular flexibility index (Phi) is 3.92. The molecule has 0 saturated heterocycles. The van der Waals surface area contributed by atoms with Gasteiger partial charge in [0.05, 0.1) is 0 Å². The number of hydrogen-bond donors (Lipinski definition) is 0. The van der Waals surface area contributed by atoms with Crippen LogP contribution in [0.3, 0.4) is 0 Å².